The second-order valence-electron chi connectivity index (χ2n) is 6.51. The lowest BCUT2D eigenvalue weighted by Crippen LogP contribution is -2.31. The van der Waals surface area contributed by atoms with Crippen molar-refractivity contribution in [3.8, 4) is 12.1 Å². The molecule has 0 radical (unpaired) electrons. The predicted molar refractivity (Wildman–Crippen MR) is 116 cm³/mol. The normalized spacial score (nSPS) is 11.1. The third-order valence-electron chi connectivity index (χ3n) is 4.42. The number of hydrogen-bond acceptors (Lipinski definition) is 6. The molecule has 0 saturated carbocycles. The Kier molecular flexibility index (Phi) is 7.05. The predicted octanol–water partition coefficient (Wildman–Crippen LogP) is 3.60. The van der Waals surface area contributed by atoms with Gasteiger partial charge in [0, 0.05) is 0 Å². The van der Waals surface area contributed by atoms with E-state index in [4.69, 9.17) is 11.0 Å². The number of benzene rings is 2. The number of thioether (sulfide) groups is 1. The zero-order chi connectivity index (χ0) is 21.3. The zero-order valence-electron chi connectivity index (χ0n) is 16.1. The van der Waals surface area contributed by atoms with Crippen molar-refractivity contribution < 1.29 is 4.79 Å². The third-order valence-corrected chi connectivity index (χ3v) is 5.41. The van der Waals surface area contributed by atoms with Gasteiger partial charge >= 0.3 is 0 Å². The summed E-state index contributed by atoms with van der Waals surface area (Å²) in [5, 5.41) is 21.7. The molecule has 0 fully saturated rings. The van der Waals surface area contributed by atoms with Gasteiger partial charge in [-0.2, -0.15) is 10.5 Å². The van der Waals surface area contributed by atoms with E-state index in [1.54, 1.807) is 0 Å². The van der Waals surface area contributed by atoms with Crippen molar-refractivity contribution in [2.45, 2.75) is 17.5 Å². The van der Waals surface area contributed by atoms with Crippen LogP contribution < -0.4 is 11.1 Å². The fraction of sp³-hybridized carbons (Fsp3) is 0.130. The van der Waals surface area contributed by atoms with Crippen LogP contribution in [0.2, 0.25) is 0 Å². The lowest BCUT2D eigenvalue weighted by atomic mass is 9.99. The molecule has 30 heavy (non-hydrogen) atoms. The van der Waals surface area contributed by atoms with Crippen LogP contribution >= 0.6 is 11.8 Å². The summed E-state index contributed by atoms with van der Waals surface area (Å²) in [5.74, 6) is -0.0606. The Balaban J connectivity index is 1.72. The molecule has 3 N–H and O–H groups in total. The quantitative estimate of drug-likeness (QED) is 0.572. The Morgan fingerprint density at radius 2 is 1.67 bits per heavy atom. The first kappa shape index (κ1) is 20.9. The number of nitriles is 2. The maximum absolute atomic E-state index is 12.7. The largest absolute Gasteiger partial charge is 0.383 e. The first-order chi connectivity index (χ1) is 14.6. The molecule has 6 nitrogen and oxygen atoms in total. The SMILES string of the molecule is N#Cc1cc(C#N)c(SCC(=O)N[C@@H](Cc2ccccc2)c2ccccc2)nc1N. The molecular weight excluding hydrogens is 394 g/mol. The Bertz CT molecular complexity index is 1100. The fourth-order valence-electron chi connectivity index (χ4n) is 2.95. The van der Waals surface area contributed by atoms with Gasteiger partial charge in [-0.15, -0.1) is 0 Å². The minimum atomic E-state index is -0.184. The van der Waals surface area contributed by atoms with Crippen LogP contribution in [0.5, 0.6) is 0 Å². The summed E-state index contributed by atoms with van der Waals surface area (Å²) in [6.07, 6.45) is 0.659. The summed E-state index contributed by atoms with van der Waals surface area (Å²) in [6.45, 7) is 0. The molecular formula is C23H19N5OS. The molecule has 1 aromatic heterocycles. The molecule has 2 aromatic carbocycles. The van der Waals surface area contributed by atoms with Crippen molar-refractivity contribution >= 4 is 23.5 Å². The van der Waals surface area contributed by atoms with Crippen molar-refractivity contribution in [2.24, 2.45) is 0 Å². The number of amides is 1. The van der Waals surface area contributed by atoms with E-state index in [0.717, 1.165) is 22.9 Å². The topological polar surface area (TPSA) is 116 Å². The van der Waals surface area contributed by atoms with Crippen molar-refractivity contribution in [2.75, 3.05) is 11.5 Å². The van der Waals surface area contributed by atoms with Gasteiger partial charge in [-0.05, 0) is 23.6 Å². The number of nitrogens with two attached hydrogens (primary N) is 1. The summed E-state index contributed by atoms with van der Waals surface area (Å²) >= 11 is 1.12. The molecule has 0 aliphatic heterocycles. The minimum absolute atomic E-state index is 0.0469. The fourth-order valence-corrected chi connectivity index (χ4v) is 3.72. The van der Waals surface area contributed by atoms with Gasteiger partial charge in [0.05, 0.1) is 22.9 Å². The van der Waals surface area contributed by atoms with Crippen LogP contribution in [0.3, 0.4) is 0 Å². The summed E-state index contributed by atoms with van der Waals surface area (Å²) in [4.78, 5) is 16.8. The molecule has 0 aliphatic carbocycles. The van der Waals surface area contributed by atoms with Crippen molar-refractivity contribution in [1.82, 2.24) is 10.3 Å². The van der Waals surface area contributed by atoms with Crippen molar-refractivity contribution in [3.05, 3.63) is 89.0 Å². The summed E-state index contributed by atoms with van der Waals surface area (Å²) in [7, 11) is 0. The Labute approximate surface area is 179 Å². The molecule has 3 aromatic rings. The van der Waals surface area contributed by atoms with Gasteiger partial charge in [-0.3, -0.25) is 4.79 Å². The highest BCUT2D eigenvalue weighted by Crippen LogP contribution is 2.24. The van der Waals surface area contributed by atoms with Gasteiger partial charge in [-0.25, -0.2) is 4.98 Å². The Morgan fingerprint density at radius 1 is 1.03 bits per heavy atom. The average molecular weight is 414 g/mol. The van der Waals surface area contributed by atoms with Crippen molar-refractivity contribution in [1.29, 1.82) is 10.5 Å². The van der Waals surface area contributed by atoms with Gasteiger partial charge in [0.1, 0.15) is 23.0 Å². The second-order valence-corrected chi connectivity index (χ2v) is 7.47. The number of anilines is 1. The van der Waals surface area contributed by atoms with Gasteiger partial charge < -0.3 is 11.1 Å². The number of nitrogen functional groups attached to an aromatic ring is 1. The van der Waals surface area contributed by atoms with E-state index >= 15 is 0 Å². The number of aromatic nitrogens is 1. The summed E-state index contributed by atoms with van der Waals surface area (Å²) in [5.41, 5.74) is 8.25. The lowest BCUT2D eigenvalue weighted by molar-refractivity contribution is -0.119. The first-order valence-corrected chi connectivity index (χ1v) is 10.2. The number of nitrogens with one attached hydrogen (secondary N) is 1. The molecule has 0 saturated heterocycles. The number of pyridine rings is 1. The molecule has 1 heterocycles. The van der Waals surface area contributed by atoms with Gasteiger partial charge in [0.2, 0.25) is 5.91 Å². The number of nitrogens with zero attached hydrogens (tertiary/aromatic N) is 3. The van der Waals surface area contributed by atoms with Crippen LogP contribution in [0.1, 0.15) is 28.3 Å². The van der Waals surface area contributed by atoms with E-state index in [0.29, 0.717) is 11.4 Å². The van der Waals surface area contributed by atoms with Crippen LogP contribution in [-0.2, 0) is 11.2 Å². The van der Waals surface area contributed by atoms with Gasteiger partial charge in [0.25, 0.3) is 0 Å². The zero-order valence-corrected chi connectivity index (χ0v) is 16.9. The molecule has 0 unspecified atom stereocenters. The van der Waals surface area contributed by atoms with Crippen LogP contribution in [0.4, 0.5) is 5.82 Å². The molecule has 0 aliphatic rings. The monoisotopic (exact) mass is 413 g/mol. The highest BCUT2D eigenvalue weighted by Gasteiger charge is 2.17. The maximum atomic E-state index is 12.7. The highest BCUT2D eigenvalue weighted by atomic mass is 32.2. The molecule has 3 rings (SSSR count). The molecule has 1 atom stereocenters. The van der Waals surface area contributed by atoms with Crippen molar-refractivity contribution in [3.63, 3.8) is 0 Å². The first-order valence-electron chi connectivity index (χ1n) is 9.22. The second kappa shape index (κ2) is 10.1. The maximum Gasteiger partial charge on any atom is 0.230 e. The van der Waals surface area contributed by atoms with E-state index in [9.17, 15) is 10.1 Å². The van der Waals surface area contributed by atoms with Crippen LogP contribution in [0.15, 0.2) is 71.8 Å². The number of hydrogen-bond donors (Lipinski definition) is 2. The Hall–Kier alpha value is -3.81. The lowest BCUT2D eigenvalue weighted by Gasteiger charge is -2.19. The standard InChI is InChI=1S/C23H19N5OS/c24-13-18-12-19(14-25)23(28-22(18)26)30-15-21(29)27-20(17-9-5-2-6-10-17)11-16-7-3-1-4-8-16/h1-10,12,20H,11,15H2,(H2,26,28)(H,27,29)/t20-/m0/s1. The highest BCUT2D eigenvalue weighted by molar-refractivity contribution is 8.00. The van der Waals surface area contributed by atoms with E-state index in [1.807, 2.05) is 72.8 Å². The van der Waals surface area contributed by atoms with E-state index in [-0.39, 0.29) is 34.6 Å². The molecule has 0 spiro atoms. The van der Waals surface area contributed by atoms with E-state index in [1.165, 1.54) is 6.07 Å². The number of rotatable bonds is 7. The molecule has 7 heteroatoms. The average Bonchev–Trinajstić information content (AvgIpc) is 2.78. The number of carbonyl (C=O) groups excluding carboxylic acids is 1. The third kappa shape index (κ3) is 5.38. The van der Waals surface area contributed by atoms with Crippen LogP contribution in [0, 0.1) is 22.7 Å². The van der Waals surface area contributed by atoms with Gasteiger partial charge in [-0.1, -0.05) is 72.4 Å². The summed E-state index contributed by atoms with van der Waals surface area (Å²) in [6, 6.07) is 24.9. The number of carbonyl (C=O) groups is 1. The Morgan fingerprint density at radius 3 is 2.30 bits per heavy atom. The molecule has 148 valence electrons. The minimum Gasteiger partial charge on any atom is -0.383 e. The van der Waals surface area contributed by atoms with E-state index in [2.05, 4.69) is 10.3 Å². The van der Waals surface area contributed by atoms with Crippen LogP contribution in [0.25, 0.3) is 0 Å². The smallest absolute Gasteiger partial charge is 0.230 e. The summed E-state index contributed by atoms with van der Waals surface area (Å²) < 4.78 is 0. The molecule has 0 bridgehead atoms. The van der Waals surface area contributed by atoms with Gasteiger partial charge in [0.15, 0.2) is 0 Å². The van der Waals surface area contributed by atoms with E-state index < -0.39 is 0 Å². The molecule has 1 amide bonds. The van der Waals surface area contributed by atoms with Crippen LogP contribution in [-0.4, -0.2) is 16.6 Å².